The van der Waals surface area contributed by atoms with Gasteiger partial charge in [-0.1, -0.05) is 17.7 Å². The molecule has 0 atom stereocenters. The number of nitrogen functional groups attached to an aromatic ring is 1. The van der Waals surface area contributed by atoms with Gasteiger partial charge < -0.3 is 5.73 Å². The van der Waals surface area contributed by atoms with Gasteiger partial charge in [-0.25, -0.2) is 8.42 Å². The normalized spacial score (nSPS) is 11.3. The van der Waals surface area contributed by atoms with E-state index in [9.17, 15) is 8.42 Å². The lowest BCUT2D eigenvalue weighted by molar-refractivity contribution is 0.601. The van der Waals surface area contributed by atoms with Crippen molar-refractivity contribution in [3.8, 4) is 0 Å². The molecule has 1 aromatic heterocycles. The standard InChI is InChI=1S/C12H12ClN3O2S/c1-8-11(6-3-7-15-8)16-19(17,18)12-9(13)4-2-5-10(12)14/h2-7,16H,14H2,1H3. The maximum absolute atomic E-state index is 12.3. The largest absolute Gasteiger partial charge is 0.398 e. The van der Waals surface area contributed by atoms with Crippen LogP contribution < -0.4 is 10.5 Å². The number of aryl methyl sites for hydroxylation is 1. The number of nitrogens with zero attached hydrogens (tertiary/aromatic N) is 1. The predicted octanol–water partition coefficient (Wildman–Crippen LogP) is 2.43. The molecule has 0 bridgehead atoms. The molecular formula is C12H12ClN3O2S. The van der Waals surface area contributed by atoms with Crippen LogP contribution in [0.25, 0.3) is 0 Å². The Kier molecular flexibility index (Phi) is 3.64. The lowest BCUT2D eigenvalue weighted by Gasteiger charge is -2.12. The fourth-order valence-corrected chi connectivity index (χ4v) is 3.39. The summed E-state index contributed by atoms with van der Waals surface area (Å²) in [6.45, 7) is 1.70. The van der Waals surface area contributed by atoms with Gasteiger partial charge in [-0.05, 0) is 31.2 Å². The number of hydrogen-bond donors (Lipinski definition) is 2. The zero-order valence-corrected chi connectivity index (χ0v) is 11.7. The van der Waals surface area contributed by atoms with Gasteiger partial charge in [0.1, 0.15) is 4.90 Å². The molecule has 0 radical (unpaired) electrons. The van der Waals surface area contributed by atoms with Crippen molar-refractivity contribution in [1.29, 1.82) is 0 Å². The summed E-state index contributed by atoms with van der Waals surface area (Å²) >= 11 is 5.91. The van der Waals surface area contributed by atoms with E-state index in [2.05, 4.69) is 9.71 Å². The molecule has 0 aliphatic heterocycles. The molecule has 0 spiro atoms. The Morgan fingerprint density at radius 2 is 2.00 bits per heavy atom. The van der Waals surface area contributed by atoms with E-state index < -0.39 is 10.0 Å². The van der Waals surface area contributed by atoms with Crippen LogP contribution in [0.5, 0.6) is 0 Å². The highest BCUT2D eigenvalue weighted by molar-refractivity contribution is 7.93. The van der Waals surface area contributed by atoms with Crippen LogP contribution in [0.4, 0.5) is 11.4 Å². The van der Waals surface area contributed by atoms with E-state index in [1.54, 1.807) is 31.3 Å². The van der Waals surface area contributed by atoms with E-state index in [1.807, 2.05) is 0 Å². The molecule has 19 heavy (non-hydrogen) atoms. The van der Waals surface area contributed by atoms with Crippen LogP contribution in [0, 0.1) is 6.92 Å². The van der Waals surface area contributed by atoms with Crippen LogP contribution in [0.2, 0.25) is 5.02 Å². The fraction of sp³-hybridized carbons (Fsp3) is 0.0833. The third kappa shape index (κ3) is 2.80. The minimum atomic E-state index is -3.84. The SMILES string of the molecule is Cc1ncccc1NS(=O)(=O)c1c(N)cccc1Cl. The first kappa shape index (κ1) is 13.6. The Bertz CT molecular complexity index is 696. The zero-order chi connectivity index (χ0) is 14.0. The minimum absolute atomic E-state index is 0.0778. The Hall–Kier alpha value is -1.79. The highest BCUT2D eigenvalue weighted by Crippen LogP contribution is 2.29. The monoisotopic (exact) mass is 297 g/mol. The third-order valence-corrected chi connectivity index (χ3v) is 4.43. The Morgan fingerprint density at radius 3 is 2.63 bits per heavy atom. The Morgan fingerprint density at radius 1 is 1.26 bits per heavy atom. The number of hydrogen-bond acceptors (Lipinski definition) is 4. The van der Waals surface area contributed by atoms with Crippen molar-refractivity contribution in [3.63, 3.8) is 0 Å². The highest BCUT2D eigenvalue weighted by atomic mass is 35.5. The number of nitrogens with two attached hydrogens (primary N) is 1. The molecule has 3 N–H and O–H groups in total. The van der Waals surface area contributed by atoms with E-state index in [0.717, 1.165) is 0 Å². The van der Waals surface area contributed by atoms with Crippen molar-refractivity contribution < 1.29 is 8.42 Å². The van der Waals surface area contributed by atoms with Crippen LogP contribution in [0.15, 0.2) is 41.4 Å². The molecular weight excluding hydrogens is 286 g/mol. The van der Waals surface area contributed by atoms with Gasteiger partial charge in [-0.2, -0.15) is 0 Å². The average molecular weight is 298 g/mol. The van der Waals surface area contributed by atoms with E-state index in [0.29, 0.717) is 11.4 Å². The lowest BCUT2D eigenvalue weighted by Crippen LogP contribution is -2.16. The number of nitrogens with one attached hydrogen (secondary N) is 1. The van der Waals surface area contributed by atoms with Crippen LogP contribution in [0.1, 0.15) is 5.69 Å². The van der Waals surface area contributed by atoms with Crippen LogP contribution >= 0.6 is 11.6 Å². The average Bonchev–Trinajstić information content (AvgIpc) is 2.31. The number of halogens is 1. The molecule has 0 fully saturated rings. The molecule has 0 aliphatic rings. The van der Waals surface area contributed by atoms with Gasteiger partial charge >= 0.3 is 0 Å². The summed E-state index contributed by atoms with van der Waals surface area (Å²) in [5.41, 5.74) is 6.74. The molecule has 0 unspecified atom stereocenters. The number of anilines is 2. The molecule has 5 nitrogen and oxygen atoms in total. The zero-order valence-electron chi connectivity index (χ0n) is 10.1. The van der Waals surface area contributed by atoms with Crippen molar-refractivity contribution >= 4 is 33.0 Å². The van der Waals surface area contributed by atoms with E-state index in [-0.39, 0.29) is 15.6 Å². The fourth-order valence-electron chi connectivity index (χ4n) is 1.60. The quantitative estimate of drug-likeness (QED) is 0.852. The minimum Gasteiger partial charge on any atom is -0.398 e. The van der Waals surface area contributed by atoms with Gasteiger partial charge in [0.2, 0.25) is 0 Å². The van der Waals surface area contributed by atoms with Gasteiger partial charge in [0, 0.05) is 6.20 Å². The second kappa shape index (κ2) is 5.07. The summed E-state index contributed by atoms with van der Waals surface area (Å²) in [6.07, 6.45) is 1.58. The topological polar surface area (TPSA) is 85.1 Å². The smallest absolute Gasteiger partial charge is 0.265 e. The highest BCUT2D eigenvalue weighted by Gasteiger charge is 2.21. The van der Waals surface area contributed by atoms with Crippen LogP contribution in [-0.2, 0) is 10.0 Å². The maximum Gasteiger partial charge on any atom is 0.265 e. The predicted molar refractivity (Wildman–Crippen MR) is 75.6 cm³/mol. The van der Waals surface area contributed by atoms with Gasteiger partial charge in [-0.3, -0.25) is 9.71 Å². The summed E-state index contributed by atoms with van der Waals surface area (Å²) in [6, 6.07) is 7.80. The number of pyridine rings is 1. The summed E-state index contributed by atoms with van der Waals surface area (Å²) in [5.74, 6) is 0. The summed E-state index contributed by atoms with van der Waals surface area (Å²) in [5, 5.41) is 0.0778. The molecule has 0 saturated carbocycles. The molecule has 0 aliphatic carbocycles. The van der Waals surface area contributed by atoms with Gasteiger partial charge in [0.25, 0.3) is 10.0 Å². The van der Waals surface area contributed by atoms with Gasteiger partial charge in [-0.15, -0.1) is 0 Å². The summed E-state index contributed by atoms with van der Waals surface area (Å²) < 4.78 is 27.0. The second-order valence-corrected chi connectivity index (χ2v) is 5.93. The van der Waals surface area contributed by atoms with E-state index >= 15 is 0 Å². The molecule has 2 aromatic rings. The molecule has 1 heterocycles. The molecule has 100 valence electrons. The van der Waals surface area contributed by atoms with Crippen molar-refractivity contribution in [3.05, 3.63) is 47.2 Å². The lowest BCUT2D eigenvalue weighted by atomic mass is 10.3. The van der Waals surface area contributed by atoms with Crippen molar-refractivity contribution in [2.24, 2.45) is 0 Å². The van der Waals surface area contributed by atoms with Crippen LogP contribution in [-0.4, -0.2) is 13.4 Å². The molecule has 0 saturated heterocycles. The first-order chi connectivity index (χ1) is 8.92. The number of sulfonamides is 1. The van der Waals surface area contributed by atoms with E-state index in [1.165, 1.54) is 12.1 Å². The summed E-state index contributed by atoms with van der Waals surface area (Å²) in [4.78, 5) is 3.89. The van der Waals surface area contributed by atoms with Crippen LogP contribution in [0.3, 0.4) is 0 Å². The van der Waals surface area contributed by atoms with Gasteiger partial charge in [0.05, 0.1) is 22.1 Å². The number of benzene rings is 1. The Balaban J connectivity index is 2.47. The second-order valence-electron chi connectivity index (χ2n) is 3.90. The van der Waals surface area contributed by atoms with E-state index in [4.69, 9.17) is 17.3 Å². The molecule has 0 amide bonds. The summed E-state index contributed by atoms with van der Waals surface area (Å²) in [7, 11) is -3.84. The number of rotatable bonds is 3. The molecule has 1 aromatic carbocycles. The van der Waals surface area contributed by atoms with Crippen molar-refractivity contribution in [2.45, 2.75) is 11.8 Å². The van der Waals surface area contributed by atoms with Gasteiger partial charge in [0.15, 0.2) is 0 Å². The van der Waals surface area contributed by atoms with Crippen molar-refractivity contribution in [2.75, 3.05) is 10.5 Å². The molecule has 2 rings (SSSR count). The maximum atomic E-state index is 12.3. The number of aromatic nitrogens is 1. The first-order valence-electron chi connectivity index (χ1n) is 5.40. The first-order valence-corrected chi connectivity index (χ1v) is 7.26. The third-order valence-electron chi connectivity index (χ3n) is 2.52. The van der Waals surface area contributed by atoms with Crippen molar-refractivity contribution in [1.82, 2.24) is 4.98 Å². The Labute approximate surface area is 116 Å². The molecule has 7 heteroatoms.